The molecular formula is C17H28N2O4. The van der Waals surface area contributed by atoms with Crippen LogP contribution >= 0.6 is 0 Å². The summed E-state index contributed by atoms with van der Waals surface area (Å²) in [6.07, 6.45) is 4.91. The SMILES string of the molecule is CCCC(=O)N1CCCC(C(=O)N(CC(C)C(=O)O)C2CC2)C1. The number of aliphatic carboxylic acids is 1. The van der Waals surface area contributed by atoms with Gasteiger partial charge in [0.15, 0.2) is 0 Å². The summed E-state index contributed by atoms with van der Waals surface area (Å²) in [6, 6.07) is 0.200. The summed E-state index contributed by atoms with van der Waals surface area (Å²) >= 11 is 0. The largest absolute Gasteiger partial charge is 0.481 e. The fraction of sp³-hybridized carbons (Fsp3) is 0.824. The van der Waals surface area contributed by atoms with Crippen LogP contribution in [0.15, 0.2) is 0 Å². The van der Waals surface area contributed by atoms with Crippen LogP contribution in [-0.2, 0) is 14.4 Å². The van der Waals surface area contributed by atoms with Crippen molar-refractivity contribution >= 4 is 17.8 Å². The smallest absolute Gasteiger partial charge is 0.308 e. The highest BCUT2D eigenvalue weighted by Crippen LogP contribution is 2.31. The summed E-state index contributed by atoms with van der Waals surface area (Å²) in [5, 5.41) is 9.11. The average molecular weight is 324 g/mol. The lowest BCUT2D eigenvalue weighted by Gasteiger charge is -2.35. The Bertz CT molecular complexity index is 462. The Labute approximate surface area is 137 Å². The van der Waals surface area contributed by atoms with E-state index >= 15 is 0 Å². The molecule has 6 nitrogen and oxygen atoms in total. The number of amides is 2. The molecular weight excluding hydrogens is 296 g/mol. The molecule has 2 unspecified atom stereocenters. The number of carbonyl (C=O) groups excluding carboxylic acids is 2. The summed E-state index contributed by atoms with van der Waals surface area (Å²) in [7, 11) is 0. The van der Waals surface area contributed by atoms with Gasteiger partial charge in [-0.1, -0.05) is 13.8 Å². The molecule has 1 aliphatic carbocycles. The van der Waals surface area contributed by atoms with Gasteiger partial charge in [-0.15, -0.1) is 0 Å². The van der Waals surface area contributed by atoms with Gasteiger partial charge in [-0.3, -0.25) is 14.4 Å². The maximum Gasteiger partial charge on any atom is 0.308 e. The topological polar surface area (TPSA) is 77.9 Å². The summed E-state index contributed by atoms with van der Waals surface area (Å²) < 4.78 is 0. The molecule has 0 spiro atoms. The molecule has 0 aromatic heterocycles. The molecule has 0 aromatic rings. The van der Waals surface area contributed by atoms with Gasteiger partial charge in [-0.2, -0.15) is 0 Å². The van der Waals surface area contributed by atoms with Crippen LogP contribution in [0.4, 0.5) is 0 Å². The standard InChI is InChI=1S/C17H28N2O4/c1-3-5-15(20)18-9-4-6-13(11-18)16(21)19(14-7-8-14)10-12(2)17(22)23/h12-14H,3-11H2,1-2H3,(H,22,23). The van der Waals surface area contributed by atoms with Gasteiger partial charge in [-0.25, -0.2) is 0 Å². The molecule has 23 heavy (non-hydrogen) atoms. The third kappa shape index (κ3) is 4.69. The molecule has 0 radical (unpaired) electrons. The molecule has 2 rings (SSSR count). The second-order valence-electron chi connectivity index (χ2n) is 6.89. The minimum Gasteiger partial charge on any atom is -0.481 e. The quantitative estimate of drug-likeness (QED) is 0.774. The maximum atomic E-state index is 12.9. The van der Waals surface area contributed by atoms with Gasteiger partial charge in [0.2, 0.25) is 11.8 Å². The van der Waals surface area contributed by atoms with Crippen LogP contribution in [0.3, 0.4) is 0 Å². The van der Waals surface area contributed by atoms with Crippen molar-refractivity contribution in [3.05, 3.63) is 0 Å². The van der Waals surface area contributed by atoms with E-state index in [1.807, 2.05) is 6.92 Å². The molecule has 2 amide bonds. The van der Waals surface area contributed by atoms with Crippen molar-refractivity contribution in [3.8, 4) is 0 Å². The maximum absolute atomic E-state index is 12.9. The van der Waals surface area contributed by atoms with Crippen LogP contribution in [0.2, 0.25) is 0 Å². The molecule has 6 heteroatoms. The van der Waals surface area contributed by atoms with E-state index in [1.54, 1.807) is 16.7 Å². The lowest BCUT2D eigenvalue weighted by atomic mass is 9.95. The lowest BCUT2D eigenvalue weighted by Crippen LogP contribution is -2.48. The summed E-state index contributed by atoms with van der Waals surface area (Å²) in [4.78, 5) is 39.6. The number of rotatable bonds is 7. The highest BCUT2D eigenvalue weighted by molar-refractivity contribution is 5.82. The predicted octanol–water partition coefficient (Wildman–Crippen LogP) is 1.74. The molecule has 2 atom stereocenters. The monoisotopic (exact) mass is 324 g/mol. The Morgan fingerprint density at radius 2 is 1.96 bits per heavy atom. The molecule has 1 N–H and O–H groups in total. The Hall–Kier alpha value is -1.59. The summed E-state index contributed by atoms with van der Waals surface area (Å²) in [5.74, 6) is -1.43. The fourth-order valence-corrected chi connectivity index (χ4v) is 3.19. The van der Waals surface area contributed by atoms with Crippen molar-refractivity contribution in [2.24, 2.45) is 11.8 Å². The van der Waals surface area contributed by atoms with Crippen LogP contribution in [0.1, 0.15) is 52.4 Å². The van der Waals surface area contributed by atoms with E-state index < -0.39 is 11.9 Å². The molecule has 2 aliphatic rings. The Morgan fingerprint density at radius 1 is 1.26 bits per heavy atom. The van der Waals surface area contributed by atoms with Gasteiger partial charge < -0.3 is 14.9 Å². The highest BCUT2D eigenvalue weighted by Gasteiger charge is 2.39. The zero-order valence-corrected chi connectivity index (χ0v) is 14.2. The molecule has 1 saturated carbocycles. The van der Waals surface area contributed by atoms with Gasteiger partial charge in [0, 0.05) is 32.1 Å². The number of hydrogen-bond donors (Lipinski definition) is 1. The lowest BCUT2D eigenvalue weighted by molar-refractivity contribution is -0.145. The number of hydrogen-bond acceptors (Lipinski definition) is 3. The first-order chi connectivity index (χ1) is 10.9. The van der Waals surface area contributed by atoms with Crippen molar-refractivity contribution in [1.82, 2.24) is 9.80 Å². The van der Waals surface area contributed by atoms with E-state index in [9.17, 15) is 14.4 Å². The number of nitrogens with zero attached hydrogens (tertiary/aromatic N) is 2. The van der Waals surface area contributed by atoms with Crippen molar-refractivity contribution in [1.29, 1.82) is 0 Å². The zero-order valence-electron chi connectivity index (χ0n) is 14.2. The molecule has 1 saturated heterocycles. The molecule has 130 valence electrons. The van der Waals surface area contributed by atoms with Crippen LogP contribution in [-0.4, -0.2) is 58.4 Å². The number of carbonyl (C=O) groups is 3. The number of carboxylic acid groups (broad SMARTS) is 1. The number of carboxylic acids is 1. The number of likely N-dealkylation sites (tertiary alicyclic amines) is 1. The Balaban J connectivity index is 1.98. The van der Waals surface area contributed by atoms with E-state index in [0.717, 1.165) is 38.6 Å². The van der Waals surface area contributed by atoms with E-state index in [4.69, 9.17) is 5.11 Å². The number of piperidine rings is 1. The Morgan fingerprint density at radius 3 is 2.52 bits per heavy atom. The van der Waals surface area contributed by atoms with Gasteiger partial charge in [0.25, 0.3) is 0 Å². The minimum atomic E-state index is -0.869. The predicted molar refractivity (Wildman–Crippen MR) is 85.7 cm³/mol. The molecule has 0 aromatic carbocycles. The van der Waals surface area contributed by atoms with Crippen molar-refractivity contribution in [2.45, 2.75) is 58.4 Å². The second-order valence-corrected chi connectivity index (χ2v) is 6.89. The van der Waals surface area contributed by atoms with Crippen molar-refractivity contribution < 1.29 is 19.5 Å². The summed E-state index contributed by atoms with van der Waals surface area (Å²) in [5.41, 5.74) is 0. The molecule has 2 fully saturated rings. The van der Waals surface area contributed by atoms with Crippen LogP contribution < -0.4 is 0 Å². The van der Waals surface area contributed by atoms with Crippen LogP contribution in [0.5, 0.6) is 0 Å². The van der Waals surface area contributed by atoms with Gasteiger partial charge in [-0.05, 0) is 32.1 Å². The third-order valence-corrected chi connectivity index (χ3v) is 4.75. The Kier molecular flexibility index (Phi) is 6.02. The zero-order chi connectivity index (χ0) is 17.0. The molecule has 1 aliphatic heterocycles. The first-order valence-corrected chi connectivity index (χ1v) is 8.75. The summed E-state index contributed by atoms with van der Waals surface area (Å²) in [6.45, 7) is 5.12. The van der Waals surface area contributed by atoms with E-state index in [0.29, 0.717) is 13.0 Å². The molecule has 1 heterocycles. The van der Waals surface area contributed by atoms with Crippen molar-refractivity contribution in [3.63, 3.8) is 0 Å². The van der Waals surface area contributed by atoms with Gasteiger partial charge in [0.05, 0.1) is 11.8 Å². The average Bonchev–Trinajstić information content (AvgIpc) is 3.36. The first-order valence-electron chi connectivity index (χ1n) is 8.75. The van der Waals surface area contributed by atoms with Gasteiger partial charge in [0.1, 0.15) is 0 Å². The normalized spacial score (nSPS) is 22.5. The van der Waals surface area contributed by atoms with Crippen LogP contribution in [0, 0.1) is 11.8 Å². The first kappa shape index (κ1) is 17.8. The fourth-order valence-electron chi connectivity index (χ4n) is 3.19. The van der Waals surface area contributed by atoms with E-state index in [2.05, 4.69) is 0 Å². The van der Waals surface area contributed by atoms with Crippen LogP contribution in [0.25, 0.3) is 0 Å². The van der Waals surface area contributed by atoms with E-state index in [-0.39, 0.29) is 30.3 Å². The second kappa shape index (κ2) is 7.79. The van der Waals surface area contributed by atoms with Crippen molar-refractivity contribution in [2.75, 3.05) is 19.6 Å². The molecule has 0 bridgehead atoms. The van der Waals surface area contributed by atoms with Gasteiger partial charge >= 0.3 is 5.97 Å². The minimum absolute atomic E-state index is 0.0367. The highest BCUT2D eigenvalue weighted by atomic mass is 16.4. The third-order valence-electron chi connectivity index (χ3n) is 4.75. The van der Waals surface area contributed by atoms with E-state index in [1.165, 1.54) is 0 Å².